The standard InChI is InChI=1S/C21H23N3O2/c22-21(25)17-4-3-5-19-18(17)14-20(23-19)15-6-8-16(9-7-15)26-13-12-24-10-1-2-11-24/h3-9,14,23H,1-2,10-13H2,(H2,22,25). The van der Waals surface area contributed by atoms with Gasteiger partial charge < -0.3 is 15.5 Å². The van der Waals surface area contributed by atoms with E-state index in [9.17, 15) is 4.79 Å². The number of fused-ring (bicyclic) bond motifs is 1. The topological polar surface area (TPSA) is 71.3 Å². The number of likely N-dealkylation sites (tertiary alicyclic amines) is 1. The Morgan fingerprint density at radius 3 is 2.62 bits per heavy atom. The fourth-order valence-corrected chi connectivity index (χ4v) is 3.56. The largest absolute Gasteiger partial charge is 0.492 e. The number of nitrogens with zero attached hydrogens (tertiary/aromatic N) is 1. The van der Waals surface area contributed by atoms with Gasteiger partial charge in [0.15, 0.2) is 0 Å². The second-order valence-electron chi connectivity index (χ2n) is 6.74. The van der Waals surface area contributed by atoms with Crippen molar-refractivity contribution in [3.05, 3.63) is 54.1 Å². The summed E-state index contributed by atoms with van der Waals surface area (Å²) in [5.74, 6) is 0.463. The fraction of sp³-hybridized carbons (Fsp3) is 0.286. The Bertz CT molecular complexity index is 909. The molecule has 0 atom stereocenters. The first-order valence-electron chi connectivity index (χ1n) is 9.08. The number of primary amides is 1. The highest BCUT2D eigenvalue weighted by Crippen LogP contribution is 2.27. The molecule has 3 N–H and O–H groups in total. The molecule has 0 saturated carbocycles. The zero-order chi connectivity index (χ0) is 17.9. The van der Waals surface area contributed by atoms with Crippen molar-refractivity contribution in [1.82, 2.24) is 9.88 Å². The second kappa shape index (κ2) is 7.22. The van der Waals surface area contributed by atoms with E-state index in [1.54, 1.807) is 6.07 Å². The molecule has 1 aromatic heterocycles. The van der Waals surface area contributed by atoms with Crippen LogP contribution in [0.5, 0.6) is 5.75 Å². The van der Waals surface area contributed by atoms with Crippen molar-refractivity contribution in [3.63, 3.8) is 0 Å². The van der Waals surface area contributed by atoms with E-state index in [0.717, 1.165) is 34.5 Å². The van der Waals surface area contributed by atoms with Gasteiger partial charge in [-0.25, -0.2) is 0 Å². The molecular weight excluding hydrogens is 326 g/mol. The summed E-state index contributed by atoms with van der Waals surface area (Å²) in [6.07, 6.45) is 2.60. The summed E-state index contributed by atoms with van der Waals surface area (Å²) in [4.78, 5) is 17.4. The average molecular weight is 349 g/mol. The maximum Gasteiger partial charge on any atom is 0.249 e. The van der Waals surface area contributed by atoms with Gasteiger partial charge in [0.2, 0.25) is 5.91 Å². The number of nitrogens with two attached hydrogens (primary N) is 1. The maximum atomic E-state index is 11.6. The quantitative estimate of drug-likeness (QED) is 0.716. The molecule has 4 rings (SSSR count). The van der Waals surface area contributed by atoms with Gasteiger partial charge in [0.1, 0.15) is 12.4 Å². The number of hydrogen-bond acceptors (Lipinski definition) is 3. The lowest BCUT2D eigenvalue weighted by Gasteiger charge is -2.14. The molecule has 0 spiro atoms. The van der Waals surface area contributed by atoms with Crippen molar-refractivity contribution in [2.75, 3.05) is 26.2 Å². The normalized spacial score (nSPS) is 14.8. The molecule has 5 heteroatoms. The lowest BCUT2D eigenvalue weighted by atomic mass is 10.1. The molecule has 0 radical (unpaired) electrons. The Kier molecular flexibility index (Phi) is 4.63. The van der Waals surface area contributed by atoms with Gasteiger partial charge >= 0.3 is 0 Å². The zero-order valence-electron chi connectivity index (χ0n) is 14.7. The number of ether oxygens (including phenoxy) is 1. The van der Waals surface area contributed by atoms with Crippen LogP contribution < -0.4 is 10.5 Å². The summed E-state index contributed by atoms with van der Waals surface area (Å²) in [6.45, 7) is 4.08. The van der Waals surface area contributed by atoms with Gasteiger partial charge in [0.25, 0.3) is 0 Å². The monoisotopic (exact) mass is 349 g/mol. The number of aromatic amines is 1. The molecular formula is C21H23N3O2. The molecule has 0 bridgehead atoms. The highest BCUT2D eigenvalue weighted by Gasteiger charge is 2.12. The third kappa shape index (κ3) is 3.44. The Morgan fingerprint density at radius 1 is 1.12 bits per heavy atom. The molecule has 1 fully saturated rings. The second-order valence-corrected chi connectivity index (χ2v) is 6.74. The highest BCUT2D eigenvalue weighted by atomic mass is 16.5. The number of carbonyl (C=O) groups is 1. The van der Waals surface area contributed by atoms with E-state index in [1.165, 1.54) is 25.9 Å². The first kappa shape index (κ1) is 16.7. The number of rotatable bonds is 6. The smallest absolute Gasteiger partial charge is 0.249 e. The van der Waals surface area contributed by atoms with E-state index >= 15 is 0 Å². The van der Waals surface area contributed by atoms with Gasteiger partial charge in [-0.1, -0.05) is 6.07 Å². The minimum absolute atomic E-state index is 0.414. The third-order valence-electron chi connectivity index (χ3n) is 4.97. The van der Waals surface area contributed by atoms with Crippen LogP contribution in [0.25, 0.3) is 22.2 Å². The molecule has 2 aromatic carbocycles. The van der Waals surface area contributed by atoms with Crippen LogP contribution in [0.1, 0.15) is 23.2 Å². The summed E-state index contributed by atoms with van der Waals surface area (Å²) in [5.41, 5.74) is 8.91. The predicted molar refractivity (Wildman–Crippen MR) is 103 cm³/mol. The van der Waals surface area contributed by atoms with Gasteiger partial charge in [-0.05, 0) is 74.0 Å². The van der Waals surface area contributed by atoms with E-state index < -0.39 is 5.91 Å². The molecule has 1 aliphatic heterocycles. The van der Waals surface area contributed by atoms with Crippen LogP contribution in [0.4, 0.5) is 0 Å². The maximum absolute atomic E-state index is 11.6. The number of nitrogens with one attached hydrogen (secondary N) is 1. The Labute approximate surface area is 152 Å². The number of H-pyrrole nitrogens is 1. The van der Waals surface area contributed by atoms with Gasteiger partial charge in [-0.2, -0.15) is 0 Å². The molecule has 0 aliphatic carbocycles. The van der Waals surface area contributed by atoms with Crippen LogP contribution in [0, 0.1) is 0 Å². The Morgan fingerprint density at radius 2 is 1.88 bits per heavy atom. The number of benzene rings is 2. The van der Waals surface area contributed by atoms with E-state index in [-0.39, 0.29) is 0 Å². The number of amides is 1. The molecule has 26 heavy (non-hydrogen) atoms. The van der Waals surface area contributed by atoms with Crippen LogP contribution >= 0.6 is 0 Å². The summed E-state index contributed by atoms with van der Waals surface area (Å²) in [6, 6.07) is 15.5. The molecule has 1 amide bonds. The molecule has 3 aromatic rings. The number of hydrogen-bond donors (Lipinski definition) is 2. The fourth-order valence-electron chi connectivity index (χ4n) is 3.56. The lowest BCUT2D eigenvalue weighted by molar-refractivity contribution is 0.100. The summed E-state index contributed by atoms with van der Waals surface area (Å²) in [5, 5.41) is 0.848. The minimum atomic E-state index is -0.414. The van der Waals surface area contributed by atoms with Gasteiger partial charge in [0, 0.05) is 28.7 Å². The van der Waals surface area contributed by atoms with E-state index in [1.807, 2.05) is 42.5 Å². The van der Waals surface area contributed by atoms with Crippen LogP contribution in [0.15, 0.2) is 48.5 Å². The van der Waals surface area contributed by atoms with Crippen LogP contribution in [0.3, 0.4) is 0 Å². The van der Waals surface area contributed by atoms with Gasteiger partial charge in [-0.15, -0.1) is 0 Å². The van der Waals surface area contributed by atoms with Crippen molar-refractivity contribution in [1.29, 1.82) is 0 Å². The van der Waals surface area contributed by atoms with Crippen LogP contribution in [-0.2, 0) is 0 Å². The van der Waals surface area contributed by atoms with Crippen molar-refractivity contribution in [3.8, 4) is 17.0 Å². The van der Waals surface area contributed by atoms with E-state index in [2.05, 4.69) is 9.88 Å². The molecule has 2 heterocycles. The van der Waals surface area contributed by atoms with E-state index in [4.69, 9.17) is 10.5 Å². The third-order valence-corrected chi connectivity index (χ3v) is 4.97. The minimum Gasteiger partial charge on any atom is -0.492 e. The summed E-state index contributed by atoms with van der Waals surface area (Å²) in [7, 11) is 0. The average Bonchev–Trinajstić information content (AvgIpc) is 3.31. The van der Waals surface area contributed by atoms with Gasteiger partial charge in [-0.3, -0.25) is 9.69 Å². The molecule has 5 nitrogen and oxygen atoms in total. The SMILES string of the molecule is NC(=O)c1cccc2[nH]c(-c3ccc(OCCN4CCCC4)cc3)cc12. The summed E-state index contributed by atoms with van der Waals surface area (Å²) >= 11 is 0. The molecule has 1 saturated heterocycles. The van der Waals surface area contributed by atoms with Crippen LogP contribution in [0.2, 0.25) is 0 Å². The Hall–Kier alpha value is -2.79. The van der Waals surface area contributed by atoms with Crippen LogP contribution in [-0.4, -0.2) is 42.0 Å². The van der Waals surface area contributed by atoms with Crippen molar-refractivity contribution in [2.24, 2.45) is 5.73 Å². The van der Waals surface area contributed by atoms with Gasteiger partial charge in [0.05, 0.1) is 0 Å². The highest BCUT2D eigenvalue weighted by molar-refractivity contribution is 6.06. The first-order chi connectivity index (χ1) is 12.7. The lowest BCUT2D eigenvalue weighted by Crippen LogP contribution is -2.25. The Balaban J connectivity index is 1.47. The number of carbonyl (C=O) groups excluding carboxylic acids is 1. The van der Waals surface area contributed by atoms with Crippen molar-refractivity contribution >= 4 is 16.8 Å². The van der Waals surface area contributed by atoms with Crippen molar-refractivity contribution < 1.29 is 9.53 Å². The predicted octanol–water partition coefficient (Wildman–Crippen LogP) is 3.41. The zero-order valence-corrected chi connectivity index (χ0v) is 14.7. The van der Waals surface area contributed by atoms with Crippen molar-refractivity contribution in [2.45, 2.75) is 12.8 Å². The molecule has 0 unspecified atom stereocenters. The molecule has 1 aliphatic rings. The summed E-state index contributed by atoms with van der Waals surface area (Å²) < 4.78 is 5.86. The molecule has 134 valence electrons. The first-order valence-corrected chi connectivity index (χ1v) is 9.08. The number of aromatic nitrogens is 1. The van der Waals surface area contributed by atoms with E-state index in [0.29, 0.717) is 12.2 Å².